The topological polar surface area (TPSA) is 33.5 Å². The first-order valence-corrected chi connectivity index (χ1v) is 11.8. The van der Waals surface area contributed by atoms with Crippen LogP contribution in [0.15, 0.2) is 104 Å². The Bertz CT molecular complexity index is 1570. The average molecular weight is 660 g/mol. The number of pyridine rings is 1. The number of aromatic nitrogens is 2. The number of ether oxygens (including phenoxy) is 1. The van der Waals surface area contributed by atoms with Crippen LogP contribution in [0.2, 0.25) is 0 Å². The zero-order valence-electron chi connectivity index (χ0n) is 21.2. The molecule has 0 unspecified atom stereocenters. The van der Waals surface area contributed by atoms with Gasteiger partial charge in [0.05, 0.1) is 0 Å². The summed E-state index contributed by atoms with van der Waals surface area (Å²) in [5.41, 5.74) is 4.10. The van der Waals surface area contributed by atoms with E-state index < -0.39 is 0 Å². The van der Waals surface area contributed by atoms with Crippen LogP contribution in [0.1, 0.15) is 0 Å². The van der Waals surface area contributed by atoms with Crippen LogP contribution in [0.5, 0.6) is 11.5 Å². The molecule has 0 atom stereocenters. The summed E-state index contributed by atoms with van der Waals surface area (Å²) >= 11 is 0. The van der Waals surface area contributed by atoms with Gasteiger partial charge >= 0.3 is 0 Å². The fourth-order valence-electron chi connectivity index (χ4n) is 3.59. The van der Waals surface area contributed by atoms with Gasteiger partial charge < -0.3 is 42.1 Å². The molecule has 0 spiro atoms. The van der Waals surface area contributed by atoms with E-state index in [-0.39, 0.29) is 37.5 Å². The van der Waals surface area contributed by atoms with Gasteiger partial charge in [-0.25, -0.2) is 23.2 Å². The van der Waals surface area contributed by atoms with Crippen LogP contribution >= 0.6 is 0 Å². The zero-order chi connectivity index (χ0) is 26.2. The van der Waals surface area contributed by atoms with E-state index in [4.69, 9.17) is 11.2 Å². The summed E-state index contributed by atoms with van der Waals surface area (Å²) in [6.45, 7) is 1.97. The molecule has 1 radical (unpaired) electrons. The Morgan fingerprint density at radius 2 is 1.68 bits per heavy atom. The summed E-state index contributed by atoms with van der Waals surface area (Å²) in [6, 6.07) is 41.2. The van der Waals surface area contributed by atoms with Gasteiger partial charge in [-0.3, -0.25) is 12.1 Å². The van der Waals surface area contributed by atoms with Gasteiger partial charge in [0.1, 0.15) is 0 Å². The summed E-state index contributed by atoms with van der Waals surface area (Å²) in [5.74, 6) is 1.17. The van der Waals surface area contributed by atoms with E-state index in [1.807, 2.05) is 103 Å². The van der Waals surface area contributed by atoms with Crippen molar-refractivity contribution in [3.63, 3.8) is 0 Å². The first kappa shape index (κ1) is 30.5. The Hall–Kier alpha value is -4.03. The van der Waals surface area contributed by atoms with Crippen LogP contribution in [-0.2, 0) is 37.5 Å². The van der Waals surface area contributed by atoms with Gasteiger partial charge in [0.2, 0.25) is 0 Å². The molecule has 1 aliphatic rings. The molecule has 207 valence electrons. The fraction of sp³-hybridized carbons (Fsp3) is 0.0303. The van der Waals surface area contributed by atoms with Crippen molar-refractivity contribution in [3.05, 3.63) is 147 Å². The summed E-state index contributed by atoms with van der Waals surface area (Å²) in [5, 5.41) is 0. The van der Waals surface area contributed by atoms with Crippen molar-refractivity contribution in [1.82, 2.24) is 14.5 Å². The third kappa shape index (κ3) is 7.99. The van der Waals surface area contributed by atoms with Gasteiger partial charge in [0.15, 0.2) is 0 Å². The zero-order valence-corrected chi connectivity index (χ0v) is 23.7. The first-order valence-electron chi connectivity index (χ1n) is 11.8. The van der Waals surface area contributed by atoms with Gasteiger partial charge in [-0.05, 0) is 37.8 Å². The van der Waals surface area contributed by atoms with E-state index in [2.05, 4.69) is 41.4 Å². The van der Waals surface area contributed by atoms with Gasteiger partial charge in [-0.15, -0.1) is 30.0 Å². The Morgan fingerprint density at radius 3 is 2.38 bits per heavy atom. The van der Waals surface area contributed by atoms with Crippen molar-refractivity contribution in [2.24, 2.45) is 0 Å². The van der Waals surface area contributed by atoms with Crippen LogP contribution in [0.3, 0.4) is 0 Å². The summed E-state index contributed by atoms with van der Waals surface area (Å²) < 4.78 is 7.57. The molecule has 5 nitrogen and oxygen atoms in total. The first-order chi connectivity index (χ1) is 18.7. The van der Waals surface area contributed by atoms with E-state index in [1.54, 1.807) is 29.2 Å². The minimum absolute atomic E-state index is 0. The van der Waals surface area contributed by atoms with E-state index in [0.29, 0.717) is 22.8 Å². The predicted molar refractivity (Wildman–Crippen MR) is 146 cm³/mol. The molecule has 0 amide bonds. The molecule has 7 heteroatoms. The second-order valence-electron chi connectivity index (χ2n) is 8.14. The molecule has 3 heterocycles. The number of rotatable bonds is 5. The molecule has 5 aromatic rings. The van der Waals surface area contributed by atoms with Gasteiger partial charge in [-0.2, -0.15) is 54.8 Å². The maximum absolute atomic E-state index is 6.57. The van der Waals surface area contributed by atoms with Crippen LogP contribution in [0, 0.1) is 49.5 Å². The monoisotopic (exact) mass is 658 g/mol. The summed E-state index contributed by atoms with van der Waals surface area (Å²) in [4.78, 5) is 8.39. The summed E-state index contributed by atoms with van der Waals surface area (Å²) in [7, 11) is 1.98. The van der Waals surface area contributed by atoms with Crippen molar-refractivity contribution in [2.75, 3.05) is 11.9 Å². The smallest absolute Gasteiger partial charge is 0.0143 e. The Labute approximate surface area is 260 Å². The van der Waals surface area contributed by atoms with Crippen molar-refractivity contribution in [2.45, 2.75) is 0 Å². The molecule has 40 heavy (non-hydrogen) atoms. The number of anilines is 1. The van der Waals surface area contributed by atoms with Crippen molar-refractivity contribution in [1.29, 1.82) is 0 Å². The fourth-order valence-corrected chi connectivity index (χ4v) is 3.59. The summed E-state index contributed by atoms with van der Waals surface area (Å²) in [6.07, 6.45) is 15.8. The van der Waals surface area contributed by atoms with Crippen LogP contribution in [0.4, 0.5) is 5.69 Å². The average Bonchev–Trinajstić information content (AvgIpc) is 3.66. The van der Waals surface area contributed by atoms with Crippen molar-refractivity contribution >= 4 is 5.69 Å². The Balaban J connectivity index is 0.000000431. The van der Waals surface area contributed by atoms with E-state index >= 15 is 0 Å². The van der Waals surface area contributed by atoms with Crippen LogP contribution in [0.25, 0.3) is 22.4 Å². The molecular formula is C33H21CuN4OPd-7. The van der Waals surface area contributed by atoms with Crippen molar-refractivity contribution < 1.29 is 42.2 Å². The van der Waals surface area contributed by atoms with Gasteiger partial charge in [0, 0.05) is 55.6 Å². The molecule has 3 aromatic carbocycles. The second kappa shape index (κ2) is 14.9. The molecule has 0 N–H and O–H groups in total. The number of hydrogen-bond acceptors (Lipinski definition) is 4. The van der Waals surface area contributed by atoms with E-state index in [0.717, 1.165) is 16.8 Å². The van der Waals surface area contributed by atoms with Gasteiger partial charge in [0.25, 0.3) is 0 Å². The third-order valence-electron chi connectivity index (χ3n) is 5.40. The Kier molecular flexibility index (Phi) is 11.4. The van der Waals surface area contributed by atoms with Crippen LogP contribution in [-0.4, -0.2) is 21.5 Å². The molecule has 0 fully saturated rings. The molecule has 2 aromatic heterocycles. The number of benzene rings is 3. The largest absolute Gasteiger partial charge is 0.669 e. The van der Waals surface area contributed by atoms with Crippen LogP contribution < -0.4 is 9.64 Å². The minimum atomic E-state index is 0. The molecule has 0 saturated carbocycles. The van der Waals surface area contributed by atoms with Crippen molar-refractivity contribution in [3.8, 4) is 39.9 Å². The normalized spacial score (nSPS) is 11.4. The van der Waals surface area contributed by atoms with Gasteiger partial charge in [-0.1, -0.05) is 5.75 Å². The van der Waals surface area contributed by atoms with E-state index in [9.17, 15) is 0 Å². The molecule has 6 rings (SSSR count). The molecule has 0 bridgehead atoms. The molecule has 0 aliphatic carbocycles. The minimum Gasteiger partial charge on any atom is -0.669 e. The quantitative estimate of drug-likeness (QED) is 0.124. The standard InChI is InChI=1S/C27H17N3O.C6H4N.Cu.Pd/c1-29-15-16-30(20-29)24-10-6-12-26(19-24)31-25-11-5-9-23(17-25)27-18-22(13-14-28-27)21-7-3-2-4-8-21;1-2-7-5-3-4-6-7;;/h2-7,10-16,20H,1H3;3-6H;;/q-6;-1;;. The SMILES string of the molecule is CN1C=CN(c2[c-]c(Oc3[c-]c(-c4[c-]c(-c5[c-]cccc5)ccn4)[c-]cc3)ccc2)[CH-]1.[C-]#Cn1cccc1.[Cu].[Pd]. The maximum atomic E-state index is 6.57. The molecule has 0 saturated heterocycles. The maximum Gasteiger partial charge on any atom is 0.0143 e. The third-order valence-corrected chi connectivity index (χ3v) is 5.40. The second-order valence-corrected chi connectivity index (χ2v) is 8.14. The molecule has 1 aliphatic heterocycles. The van der Waals surface area contributed by atoms with E-state index in [1.165, 1.54) is 0 Å². The number of nitrogens with zero attached hydrogens (tertiary/aromatic N) is 4. The predicted octanol–water partition coefficient (Wildman–Crippen LogP) is 6.43. The molecular weight excluding hydrogens is 638 g/mol. The number of hydrogen-bond donors (Lipinski definition) is 0. The Morgan fingerprint density at radius 1 is 0.850 bits per heavy atom.